The second-order valence-corrected chi connectivity index (χ2v) is 9.37. The number of aliphatic hydroxyl groups is 2. The van der Waals surface area contributed by atoms with Crippen LogP contribution < -0.4 is 15.3 Å². The number of hydrogen-bond donors (Lipinski definition) is 4. The Morgan fingerprint density at radius 2 is 2.00 bits per heavy atom. The van der Waals surface area contributed by atoms with Gasteiger partial charge in [-0.1, -0.05) is 24.3 Å². The Bertz CT molecular complexity index is 987. The van der Waals surface area contributed by atoms with Crippen molar-refractivity contribution in [1.82, 2.24) is 9.99 Å². The molecule has 0 bridgehead atoms. The quantitative estimate of drug-likeness (QED) is 0.260. The molecular weight excluding hydrogens is 469 g/mol. The van der Waals surface area contributed by atoms with Crippen LogP contribution in [0.1, 0.15) is 13.3 Å². The predicted octanol–water partition coefficient (Wildman–Crippen LogP) is 0.377. The Hall–Kier alpha value is -2.73. The number of esters is 1. The number of amides is 1. The average molecular weight is 497 g/mol. The molecule has 0 aliphatic carbocycles. The Balaban J connectivity index is 1.72. The molecule has 0 spiro atoms. The lowest BCUT2D eigenvalue weighted by atomic mass is 10.1. The number of allylic oxidation sites excluding steroid dienone is 1. The Morgan fingerprint density at radius 3 is 2.65 bits per heavy atom. The second kappa shape index (κ2) is 11.1. The van der Waals surface area contributed by atoms with Gasteiger partial charge in [0.25, 0.3) is 0 Å². The van der Waals surface area contributed by atoms with Crippen LogP contribution in [0.25, 0.3) is 0 Å². The molecule has 0 saturated carbocycles. The Kier molecular flexibility index (Phi) is 8.47. The fraction of sp³-hybridized carbons (Fsp3) is 0.429. The van der Waals surface area contributed by atoms with Crippen molar-refractivity contribution in [2.45, 2.75) is 43.9 Å². The van der Waals surface area contributed by atoms with Crippen molar-refractivity contribution in [1.29, 1.82) is 0 Å². The topological polar surface area (TPSA) is 170 Å². The van der Waals surface area contributed by atoms with Crippen molar-refractivity contribution in [3.05, 3.63) is 54.4 Å². The van der Waals surface area contributed by atoms with E-state index in [1.807, 2.05) is 0 Å². The Labute approximate surface area is 196 Å². The van der Waals surface area contributed by atoms with Crippen LogP contribution in [0.15, 0.2) is 54.4 Å². The molecule has 0 aromatic heterocycles. The fourth-order valence-electron chi connectivity index (χ4n) is 3.36. The number of rotatable bonds is 10. The monoisotopic (exact) mass is 497 g/mol. The lowest BCUT2D eigenvalue weighted by Gasteiger charge is -2.28. The molecule has 186 valence electrons. The van der Waals surface area contributed by atoms with Gasteiger partial charge in [-0.3, -0.25) is 14.1 Å². The minimum atomic E-state index is -4.16. The third-order valence-electron chi connectivity index (χ3n) is 5.15. The van der Waals surface area contributed by atoms with Gasteiger partial charge in [0.2, 0.25) is 5.91 Å². The summed E-state index contributed by atoms with van der Waals surface area (Å²) in [6, 6.07) is 7.12. The van der Waals surface area contributed by atoms with Crippen molar-refractivity contribution in [3.8, 4) is 5.75 Å². The molecular formula is C21H28N3O9P. The summed E-state index contributed by atoms with van der Waals surface area (Å²) in [6.07, 6.45) is 0.0518. The number of ether oxygens (including phenoxy) is 2. The number of aliphatic hydroxyl groups excluding tert-OH is 2. The van der Waals surface area contributed by atoms with Crippen LogP contribution in [0.4, 0.5) is 0 Å². The first-order valence-electron chi connectivity index (χ1n) is 10.4. The average Bonchev–Trinajstić information content (AvgIpc) is 3.11. The maximum Gasteiger partial charge on any atom is 0.459 e. The van der Waals surface area contributed by atoms with Crippen LogP contribution in [0.5, 0.6) is 5.75 Å². The minimum absolute atomic E-state index is 0.212. The van der Waals surface area contributed by atoms with E-state index in [2.05, 4.69) is 9.82 Å². The molecule has 0 radical (unpaired) electrons. The zero-order valence-electron chi connectivity index (χ0n) is 18.6. The molecule has 5 N–H and O–H groups in total. The van der Waals surface area contributed by atoms with Crippen molar-refractivity contribution < 1.29 is 42.9 Å². The van der Waals surface area contributed by atoms with Gasteiger partial charge in [0.1, 0.15) is 30.1 Å². The first kappa shape index (κ1) is 25.9. The van der Waals surface area contributed by atoms with E-state index in [0.717, 1.165) is 0 Å². The molecule has 12 nitrogen and oxygen atoms in total. The number of benzene rings is 1. The number of hydrogen-bond acceptors (Lipinski definition) is 10. The van der Waals surface area contributed by atoms with Crippen LogP contribution in [-0.4, -0.2) is 71.3 Å². The van der Waals surface area contributed by atoms with Gasteiger partial charge in [-0.25, -0.2) is 4.57 Å². The van der Waals surface area contributed by atoms with Gasteiger partial charge in [0, 0.05) is 18.0 Å². The van der Waals surface area contributed by atoms with E-state index in [0.29, 0.717) is 12.0 Å². The third kappa shape index (κ3) is 6.23. The highest BCUT2D eigenvalue weighted by molar-refractivity contribution is 7.52. The van der Waals surface area contributed by atoms with Crippen LogP contribution in [0, 0.1) is 0 Å². The van der Waals surface area contributed by atoms with E-state index < -0.39 is 56.8 Å². The standard InChI is InChI=1S/C21H28N3O9P/c1-13(21(28)30-2)23-34(29,33-15-8-4-3-5-9-15)31-12-16-17(25)18(26)20(32-16)24-10-6-7-14(11-24)19(22)27/h3-6,8-11,13,16-18,20,25-26H,7,12H2,1-2H3,(H2,22,27)(H,23,29)/t13-,16+,17?,18?,20+,34?/m0/s1. The van der Waals surface area contributed by atoms with Gasteiger partial charge in [-0.2, -0.15) is 5.09 Å². The fourth-order valence-corrected chi connectivity index (χ4v) is 4.86. The van der Waals surface area contributed by atoms with Gasteiger partial charge in [0.15, 0.2) is 6.23 Å². The number of methoxy groups -OCH3 is 1. The summed E-state index contributed by atoms with van der Waals surface area (Å²) in [4.78, 5) is 24.7. The number of nitrogens with zero attached hydrogens (tertiary/aromatic N) is 1. The van der Waals surface area contributed by atoms with E-state index in [9.17, 15) is 24.4 Å². The largest absolute Gasteiger partial charge is 0.468 e. The summed E-state index contributed by atoms with van der Waals surface area (Å²) in [5.41, 5.74) is 5.62. The highest BCUT2D eigenvalue weighted by Gasteiger charge is 2.46. The molecule has 1 amide bonds. The van der Waals surface area contributed by atoms with E-state index in [1.54, 1.807) is 42.6 Å². The summed E-state index contributed by atoms with van der Waals surface area (Å²) in [7, 11) is -2.98. The maximum absolute atomic E-state index is 13.4. The van der Waals surface area contributed by atoms with Gasteiger partial charge < -0.3 is 34.8 Å². The zero-order chi connectivity index (χ0) is 24.9. The molecule has 2 aliphatic rings. The molecule has 2 aliphatic heterocycles. The number of carbonyl (C=O) groups excluding carboxylic acids is 2. The van der Waals surface area contributed by atoms with Crippen molar-refractivity contribution in [2.75, 3.05) is 13.7 Å². The smallest absolute Gasteiger partial charge is 0.459 e. The number of primary amides is 1. The molecule has 1 fully saturated rings. The van der Waals surface area contributed by atoms with Crippen LogP contribution in [0.2, 0.25) is 0 Å². The molecule has 3 unspecified atom stereocenters. The van der Waals surface area contributed by atoms with E-state index >= 15 is 0 Å². The number of nitrogens with two attached hydrogens (primary N) is 1. The van der Waals surface area contributed by atoms with Crippen LogP contribution >= 0.6 is 7.75 Å². The molecule has 3 rings (SSSR count). The molecule has 1 saturated heterocycles. The molecule has 13 heteroatoms. The molecule has 6 atom stereocenters. The Morgan fingerprint density at radius 1 is 1.29 bits per heavy atom. The summed E-state index contributed by atoms with van der Waals surface area (Å²) >= 11 is 0. The SMILES string of the molecule is COC(=O)[C@H](C)NP(=O)(OC[C@H]1O[C@@H](N2C=CCC(C(N)=O)=C2)C(O)C1O)Oc1ccccc1. The maximum atomic E-state index is 13.4. The number of nitrogens with one attached hydrogen (secondary N) is 1. The van der Waals surface area contributed by atoms with Gasteiger partial charge in [-0.05, 0) is 25.5 Å². The van der Waals surface area contributed by atoms with Crippen molar-refractivity contribution in [3.63, 3.8) is 0 Å². The number of para-hydroxylation sites is 1. The van der Waals surface area contributed by atoms with E-state index in [4.69, 9.17) is 19.5 Å². The molecule has 1 aromatic carbocycles. The third-order valence-corrected chi connectivity index (χ3v) is 6.80. The first-order chi connectivity index (χ1) is 16.1. The van der Waals surface area contributed by atoms with Crippen LogP contribution in [0.3, 0.4) is 0 Å². The summed E-state index contributed by atoms with van der Waals surface area (Å²) in [6.45, 7) is 0.964. The highest BCUT2D eigenvalue weighted by atomic mass is 31.2. The van der Waals surface area contributed by atoms with Crippen LogP contribution in [-0.2, 0) is 28.2 Å². The highest BCUT2D eigenvalue weighted by Crippen LogP contribution is 2.45. The molecule has 1 aromatic rings. The zero-order valence-corrected chi connectivity index (χ0v) is 19.5. The second-order valence-electron chi connectivity index (χ2n) is 7.67. The lowest BCUT2D eigenvalue weighted by molar-refractivity contribution is -0.142. The number of carbonyl (C=O) groups is 2. The summed E-state index contributed by atoms with van der Waals surface area (Å²) < 4.78 is 34.8. The van der Waals surface area contributed by atoms with Gasteiger partial charge >= 0.3 is 13.7 Å². The first-order valence-corrected chi connectivity index (χ1v) is 12.0. The van der Waals surface area contributed by atoms with E-state index in [-0.39, 0.29) is 5.75 Å². The summed E-state index contributed by atoms with van der Waals surface area (Å²) in [5.74, 6) is -1.10. The van der Waals surface area contributed by atoms with E-state index in [1.165, 1.54) is 25.1 Å². The van der Waals surface area contributed by atoms with Gasteiger partial charge in [0.05, 0.1) is 13.7 Å². The normalized spacial score (nSPS) is 26.9. The predicted molar refractivity (Wildman–Crippen MR) is 119 cm³/mol. The van der Waals surface area contributed by atoms with Gasteiger partial charge in [-0.15, -0.1) is 0 Å². The van der Waals surface area contributed by atoms with Crippen molar-refractivity contribution >= 4 is 19.6 Å². The summed E-state index contributed by atoms with van der Waals surface area (Å²) in [5, 5.41) is 23.5. The van der Waals surface area contributed by atoms with Crippen molar-refractivity contribution in [2.24, 2.45) is 5.73 Å². The lowest BCUT2D eigenvalue weighted by Crippen LogP contribution is -2.40. The molecule has 34 heavy (non-hydrogen) atoms. The minimum Gasteiger partial charge on any atom is -0.468 e. The molecule has 2 heterocycles.